The summed E-state index contributed by atoms with van der Waals surface area (Å²) in [5.74, 6) is -0.212. The number of benzene rings is 2. The number of amides is 1. The fraction of sp³-hybridized carbons (Fsp3) is 0.364. The number of carbonyl (C=O) groups excluding carboxylic acids is 1. The van der Waals surface area contributed by atoms with Crippen LogP contribution in [-0.4, -0.2) is 47.6 Å². The van der Waals surface area contributed by atoms with Crippen molar-refractivity contribution < 1.29 is 9.72 Å². The molecule has 0 aliphatic carbocycles. The van der Waals surface area contributed by atoms with Gasteiger partial charge in [0.15, 0.2) is 0 Å². The first-order chi connectivity index (χ1) is 14.5. The Morgan fingerprint density at radius 2 is 1.87 bits per heavy atom. The molecule has 1 saturated heterocycles. The highest BCUT2D eigenvalue weighted by Crippen LogP contribution is 2.31. The molecule has 1 amide bonds. The summed E-state index contributed by atoms with van der Waals surface area (Å²) >= 11 is 0. The molecule has 0 radical (unpaired) electrons. The van der Waals surface area contributed by atoms with Crippen LogP contribution >= 0.6 is 0 Å². The summed E-state index contributed by atoms with van der Waals surface area (Å²) < 4.78 is 0. The Balaban J connectivity index is 1.49. The smallest absolute Gasteiger partial charge is 0.293 e. The number of hydrogen-bond acceptors (Lipinski definition) is 6. The van der Waals surface area contributed by atoms with Gasteiger partial charge in [0.1, 0.15) is 5.69 Å². The minimum absolute atomic E-state index is 0.0780. The first-order valence-electron chi connectivity index (χ1n) is 10.2. The molecule has 2 heterocycles. The number of piperazine rings is 1. The van der Waals surface area contributed by atoms with Crippen LogP contribution < -0.4 is 10.3 Å². The van der Waals surface area contributed by atoms with Crippen LogP contribution in [-0.2, 0) is 11.3 Å². The van der Waals surface area contributed by atoms with Crippen LogP contribution in [0.5, 0.6) is 0 Å². The van der Waals surface area contributed by atoms with E-state index >= 15 is 0 Å². The molecule has 1 atom stereocenters. The molecule has 0 saturated carbocycles. The van der Waals surface area contributed by atoms with Gasteiger partial charge < -0.3 is 4.90 Å². The van der Waals surface area contributed by atoms with E-state index in [1.165, 1.54) is 5.56 Å². The molecule has 1 N–H and O–H groups in total. The molecule has 156 valence electrons. The van der Waals surface area contributed by atoms with Gasteiger partial charge in [-0.2, -0.15) is 5.10 Å². The number of nitro groups is 1. The van der Waals surface area contributed by atoms with Gasteiger partial charge in [-0.1, -0.05) is 43.3 Å². The second-order valence-corrected chi connectivity index (χ2v) is 7.85. The SMILES string of the molecule is CC1CC(=O)NN=C1c1ccc(N2CCN(Cc3ccccc3)CC2)c([N+](=O)[O-])c1. The Kier molecular flexibility index (Phi) is 5.76. The van der Waals surface area contributed by atoms with Gasteiger partial charge in [-0.15, -0.1) is 0 Å². The molecule has 2 aromatic rings. The highest BCUT2D eigenvalue weighted by molar-refractivity contribution is 6.06. The molecule has 1 fully saturated rings. The van der Waals surface area contributed by atoms with Gasteiger partial charge in [-0.05, 0) is 11.6 Å². The maximum atomic E-state index is 11.8. The van der Waals surface area contributed by atoms with Crippen LogP contribution in [0.3, 0.4) is 0 Å². The van der Waals surface area contributed by atoms with Crippen molar-refractivity contribution in [2.75, 3.05) is 31.1 Å². The Hall–Kier alpha value is -3.26. The van der Waals surface area contributed by atoms with E-state index < -0.39 is 0 Å². The van der Waals surface area contributed by atoms with Crippen LogP contribution in [0.2, 0.25) is 0 Å². The lowest BCUT2D eigenvalue weighted by Gasteiger charge is -2.36. The molecule has 2 aliphatic heterocycles. The fourth-order valence-corrected chi connectivity index (χ4v) is 4.09. The molecule has 2 aliphatic rings. The number of anilines is 1. The number of carbonyl (C=O) groups is 1. The van der Waals surface area contributed by atoms with Crippen LogP contribution in [0.25, 0.3) is 0 Å². The Bertz CT molecular complexity index is 968. The summed E-state index contributed by atoms with van der Waals surface area (Å²) in [4.78, 5) is 27.4. The first kappa shape index (κ1) is 20.0. The molecule has 0 spiro atoms. The first-order valence-corrected chi connectivity index (χ1v) is 10.2. The van der Waals surface area contributed by atoms with E-state index in [2.05, 4.69) is 32.5 Å². The van der Waals surface area contributed by atoms with Gasteiger partial charge in [0.05, 0.1) is 10.6 Å². The van der Waals surface area contributed by atoms with Crippen molar-refractivity contribution in [3.05, 3.63) is 69.8 Å². The van der Waals surface area contributed by atoms with E-state index in [1.54, 1.807) is 6.07 Å². The number of nitrogens with one attached hydrogen (secondary N) is 1. The van der Waals surface area contributed by atoms with E-state index in [1.807, 2.05) is 37.3 Å². The molecule has 4 rings (SSSR count). The summed E-state index contributed by atoms with van der Waals surface area (Å²) in [6.45, 7) is 5.97. The normalized spacial score (nSPS) is 19.9. The van der Waals surface area contributed by atoms with Gasteiger partial charge in [-0.25, -0.2) is 5.43 Å². The van der Waals surface area contributed by atoms with Crippen LogP contribution in [0.15, 0.2) is 53.6 Å². The van der Waals surface area contributed by atoms with Crippen molar-refractivity contribution in [3.63, 3.8) is 0 Å². The van der Waals surface area contributed by atoms with Crippen LogP contribution in [0.4, 0.5) is 11.4 Å². The monoisotopic (exact) mass is 407 g/mol. The lowest BCUT2D eigenvalue weighted by Crippen LogP contribution is -2.46. The molecule has 0 bridgehead atoms. The Labute approximate surface area is 175 Å². The Morgan fingerprint density at radius 1 is 1.13 bits per heavy atom. The Morgan fingerprint density at radius 3 is 2.53 bits per heavy atom. The third-order valence-electron chi connectivity index (χ3n) is 5.69. The number of hydrogen-bond donors (Lipinski definition) is 1. The molecule has 1 unspecified atom stereocenters. The second-order valence-electron chi connectivity index (χ2n) is 7.85. The molecular weight excluding hydrogens is 382 g/mol. The van der Waals surface area contributed by atoms with Gasteiger partial charge in [0.25, 0.3) is 5.69 Å². The average Bonchev–Trinajstić information content (AvgIpc) is 2.75. The zero-order valence-corrected chi connectivity index (χ0v) is 17.0. The van der Waals surface area contributed by atoms with Gasteiger partial charge in [-0.3, -0.25) is 19.8 Å². The highest BCUT2D eigenvalue weighted by Gasteiger charge is 2.27. The van der Waals surface area contributed by atoms with Crippen molar-refractivity contribution in [3.8, 4) is 0 Å². The predicted octanol–water partition coefficient (Wildman–Crippen LogP) is 2.78. The van der Waals surface area contributed by atoms with Gasteiger partial charge in [0, 0.05) is 56.7 Å². The average molecular weight is 407 g/mol. The van der Waals surface area contributed by atoms with Crippen molar-refractivity contribution in [2.45, 2.75) is 19.9 Å². The molecule has 30 heavy (non-hydrogen) atoms. The lowest BCUT2D eigenvalue weighted by atomic mass is 9.93. The number of rotatable bonds is 5. The van der Waals surface area contributed by atoms with E-state index in [0.717, 1.165) is 32.7 Å². The molecule has 0 aromatic heterocycles. The van der Waals surface area contributed by atoms with Crippen LogP contribution in [0, 0.1) is 16.0 Å². The summed E-state index contributed by atoms with van der Waals surface area (Å²) in [7, 11) is 0. The van der Waals surface area contributed by atoms with E-state index in [0.29, 0.717) is 23.4 Å². The zero-order valence-electron chi connectivity index (χ0n) is 17.0. The number of hydrazone groups is 1. The van der Waals surface area contributed by atoms with Crippen molar-refractivity contribution in [1.82, 2.24) is 10.3 Å². The number of nitrogens with zero attached hydrogens (tertiary/aromatic N) is 4. The predicted molar refractivity (Wildman–Crippen MR) is 115 cm³/mol. The zero-order chi connectivity index (χ0) is 21.1. The maximum absolute atomic E-state index is 11.8. The quantitative estimate of drug-likeness (QED) is 0.608. The molecule has 2 aromatic carbocycles. The minimum Gasteiger partial charge on any atom is -0.363 e. The summed E-state index contributed by atoms with van der Waals surface area (Å²) in [6.07, 6.45) is 0.331. The highest BCUT2D eigenvalue weighted by atomic mass is 16.6. The standard InChI is InChI=1S/C22H25N5O3/c1-16-13-21(28)23-24-22(16)18-7-8-19(20(14-18)27(29)30)26-11-9-25(10-12-26)15-17-5-3-2-4-6-17/h2-8,14,16H,9-13,15H2,1H3,(H,23,28). The minimum atomic E-state index is -0.332. The fourth-order valence-electron chi connectivity index (χ4n) is 4.09. The number of nitro benzene ring substituents is 1. The van der Waals surface area contributed by atoms with Gasteiger partial charge in [0.2, 0.25) is 5.91 Å². The van der Waals surface area contributed by atoms with E-state index in [-0.39, 0.29) is 22.4 Å². The topological polar surface area (TPSA) is 91.1 Å². The van der Waals surface area contributed by atoms with E-state index in [9.17, 15) is 14.9 Å². The van der Waals surface area contributed by atoms with Crippen molar-refractivity contribution >= 4 is 23.0 Å². The summed E-state index contributed by atoms with van der Waals surface area (Å²) in [5, 5.41) is 15.9. The van der Waals surface area contributed by atoms with Crippen LogP contribution in [0.1, 0.15) is 24.5 Å². The maximum Gasteiger partial charge on any atom is 0.293 e. The van der Waals surface area contributed by atoms with Crippen molar-refractivity contribution in [2.24, 2.45) is 11.0 Å². The largest absolute Gasteiger partial charge is 0.363 e. The van der Waals surface area contributed by atoms with E-state index in [4.69, 9.17) is 0 Å². The summed E-state index contributed by atoms with van der Waals surface area (Å²) in [6, 6.07) is 15.6. The molecular formula is C22H25N5O3. The van der Waals surface area contributed by atoms with Crippen molar-refractivity contribution in [1.29, 1.82) is 0 Å². The lowest BCUT2D eigenvalue weighted by molar-refractivity contribution is -0.384. The second kappa shape index (κ2) is 8.62. The molecule has 8 nitrogen and oxygen atoms in total. The third kappa shape index (κ3) is 4.33. The molecule has 8 heteroatoms. The van der Waals surface area contributed by atoms with Gasteiger partial charge >= 0.3 is 0 Å². The third-order valence-corrected chi connectivity index (χ3v) is 5.69. The summed E-state index contributed by atoms with van der Waals surface area (Å²) in [5.41, 5.74) is 5.82.